The van der Waals surface area contributed by atoms with Crippen molar-refractivity contribution in [2.75, 3.05) is 10.6 Å². The Kier molecular flexibility index (Phi) is 5.67. The SMILES string of the molecule is CC(C)(C)/C=C/C(=O)Nc1ccccc1NC(=O)CC#N. The third-order valence-electron chi connectivity index (χ3n) is 2.43. The number of para-hydroxylation sites is 2. The van der Waals surface area contributed by atoms with Gasteiger partial charge in [-0.1, -0.05) is 39.0 Å². The van der Waals surface area contributed by atoms with Gasteiger partial charge in [0.15, 0.2) is 0 Å². The zero-order chi connectivity index (χ0) is 15.9. The quantitative estimate of drug-likeness (QED) is 0.834. The van der Waals surface area contributed by atoms with Crippen LogP contribution in [0.2, 0.25) is 0 Å². The summed E-state index contributed by atoms with van der Waals surface area (Å²) in [6.07, 6.45) is 3.04. The molecule has 0 heterocycles. The molecule has 2 N–H and O–H groups in total. The molecule has 0 spiro atoms. The summed E-state index contributed by atoms with van der Waals surface area (Å²) in [4.78, 5) is 23.3. The third kappa shape index (κ3) is 6.39. The first-order valence-electron chi connectivity index (χ1n) is 6.58. The molecule has 0 bridgehead atoms. The zero-order valence-corrected chi connectivity index (χ0v) is 12.4. The Balaban J connectivity index is 2.80. The molecule has 1 rings (SSSR count). The molecular weight excluding hydrogens is 266 g/mol. The highest BCUT2D eigenvalue weighted by atomic mass is 16.2. The summed E-state index contributed by atoms with van der Waals surface area (Å²) in [6, 6.07) is 8.62. The number of rotatable bonds is 4. The first-order chi connectivity index (χ1) is 9.81. The summed E-state index contributed by atoms with van der Waals surface area (Å²) in [5, 5.41) is 13.8. The van der Waals surface area contributed by atoms with E-state index in [1.54, 1.807) is 36.4 Å². The van der Waals surface area contributed by atoms with Crippen LogP contribution in [0, 0.1) is 16.7 Å². The van der Waals surface area contributed by atoms with Crippen molar-refractivity contribution < 1.29 is 9.59 Å². The fourth-order valence-corrected chi connectivity index (χ4v) is 1.47. The fraction of sp³-hybridized carbons (Fsp3) is 0.312. The number of carbonyl (C=O) groups excluding carboxylic acids is 2. The van der Waals surface area contributed by atoms with Crippen LogP contribution in [0.1, 0.15) is 27.2 Å². The lowest BCUT2D eigenvalue weighted by atomic mass is 9.96. The van der Waals surface area contributed by atoms with Gasteiger partial charge in [-0.05, 0) is 23.6 Å². The van der Waals surface area contributed by atoms with Crippen molar-refractivity contribution in [1.82, 2.24) is 0 Å². The number of allylic oxidation sites excluding steroid dienone is 1. The molecule has 1 aromatic carbocycles. The molecule has 0 aromatic heterocycles. The van der Waals surface area contributed by atoms with Gasteiger partial charge in [0.25, 0.3) is 0 Å². The minimum atomic E-state index is -0.413. The second kappa shape index (κ2) is 7.25. The van der Waals surface area contributed by atoms with Crippen LogP contribution in [0.5, 0.6) is 0 Å². The lowest BCUT2D eigenvalue weighted by molar-refractivity contribution is -0.115. The molecule has 110 valence electrons. The average Bonchev–Trinajstić information content (AvgIpc) is 2.38. The Hall–Kier alpha value is -2.61. The maximum atomic E-state index is 11.9. The molecule has 0 aliphatic carbocycles. The van der Waals surface area contributed by atoms with Crippen molar-refractivity contribution in [3.05, 3.63) is 36.4 Å². The van der Waals surface area contributed by atoms with Gasteiger partial charge < -0.3 is 10.6 Å². The summed E-state index contributed by atoms with van der Waals surface area (Å²) >= 11 is 0. The zero-order valence-electron chi connectivity index (χ0n) is 12.4. The first kappa shape index (κ1) is 16.4. The number of anilines is 2. The van der Waals surface area contributed by atoms with Crippen LogP contribution in [-0.4, -0.2) is 11.8 Å². The van der Waals surface area contributed by atoms with E-state index < -0.39 is 5.91 Å². The van der Waals surface area contributed by atoms with Gasteiger partial charge in [-0.3, -0.25) is 9.59 Å². The summed E-state index contributed by atoms with van der Waals surface area (Å²) < 4.78 is 0. The van der Waals surface area contributed by atoms with Crippen molar-refractivity contribution >= 4 is 23.2 Å². The smallest absolute Gasteiger partial charge is 0.248 e. The van der Waals surface area contributed by atoms with Crippen molar-refractivity contribution in [3.63, 3.8) is 0 Å². The largest absolute Gasteiger partial charge is 0.323 e. The standard InChI is InChI=1S/C16H19N3O2/c1-16(2,3)10-8-14(20)18-12-6-4-5-7-13(12)19-15(21)9-11-17/h4-8,10H,9H2,1-3H3,(H,18,20)(H,19,21)/b10-8+. The average molecular weight is 285 g/mol. The van der Waals surface area contributed by atoms with Crippen LogP contribution in [0.25, 0.3) is 0 Å². The van der Waals surface area contributed by atoms with E-state index in [4.69, 9.17) is 5.26 Å². The van der Waals surface area contributed by atoms with Crippen LogP contribution in [0.15, 0.2) is 36.4 Å². The van der Waals surface area contributed by atoms with Gasteiger partial charge in [0.2, 0.25) is 11.8 Å². The van der Waals surface area contributed by atoms with Gasteiger partial charge in [-0.25, -0.2) is 0 Å². The highest BCUT2D eigenvalue weighted by molar-refractivity contribution is 6.04. The minimum Gasteiger partial charge on any atom is -0.323 e. The van der Waals surface area contributed by atoms with E-state index in [9.17, 15) is 9.59 Å². The van der Waals surface area contributed by atoms with Gasteiger partial charge in [0.1, 0.15) is 6.42 Å². The first-order valence-corrected chi connectivity index (χ1v) is 6.58. The molecule has 1 aromatic rings. The van der Waals surface area contributed by atoms with E-state index in [1.165, 1.54) is 6.08 Å². The number of nitrogens with zero attached hydrogens (tertiary/aromatic N) is 1. The van der Waals surface area contributed by atoms with Crippen molar-refractivity contribution in [1.29, 1.82) is 5.26 Å². The molecule has 0 radical (unpaired) electrons. The second-order valence-corrected chi connectivity index (χ2v) is 5.62. The maximum absolute atomic E-state index is 11.9. The van der Waals surface area contributed by atoms with Crippen LogP contribution >= 0.6 is 0 Å². The molecule has 5 heteroatoms. The van der Waals surface area contributed by atoms with Crippen LogP contribution in [0.4, 0.5) is 11.4 Å². The number of carbonyl (C=O) groups is 2. The van der Waals surface area contributed by atoms with Gasteiger partial charge >= 0.3 is 0 Å². The number of hydrogen-bond acceptors (Lipinski definition) is 3. The Morgan fingerprint density at radius 1 is 1.19 bits per heavy atom. The van der Waals surface area contributed by atoms with E-state index in [1.807, 2.05) is 20.8 Å². The lowest BCUT2D eigenvalue weighted by Crippen LogP contribution is -2.15. The van der Waals surface area contributed by atoms with E-state index in [0.717, 1.165) is 0 Å². The van der Waals surface area contributed by atoms with Crippen LogP contribution < -0.4 is 10.6 Å². The number of hydrogen-bond donors (Lipinski definition) is 2. The molecule has 2 amide bonds. The maximum Gasteiger partial charge on any atom is 0.248 e. The lowest BCUT2D eigenvalue weighted by Gasteiger charge is -2.12. The monoisotopic (exact) mass is 285 g/mol. The van der Waals surface area contributed by atoms with E-state index in [-0.39, 0.29) is 17.7 Å². The van der Waals surface area contributed by atoms with Crippen LogP contribution in [-0.2, 0) is 9.59 Å². The topological polar surface area (TPSA) is 82.0 Å². The molecule has 5 nitrogen and oxygen atoms in total. The van der Waals surface area contributed by atoms with E-state index >= 15 is 0 Å². The fourth-order valence-electron chi connectivity index (χ4n) is 1.47. The highest BCUT2D eigenvalue weighted by Crippen LogP contribution is 2.21. The Bertz CT molecular complexity index is 592. The molecule has 21 heavy (non-hydrogen) atoms. The molecule has 0 aliphatic heterocycles. The Morgan fingerprint density at radius 2 is 1.76 bits per heavy atom. The molecule has 0 unspecified atom stereocenters. The molecule has 0 aliphatic rings. The summed E-state index contributed by atoms with van der Waals surface area (Å²) in [6.45, 7) is 5.98. The summed E-state index contributed by atoms with van der Waals surface area (Å²) in [7, 11) is 0. The molecular formula is C16H19N3O2. The van der Waals surface area contributed by atoms with Crippen molar-refractivity contribution in [3.8, 4) is 6.07 Å². The van der Waals surface area contributed by atoms with Crippen molar-refractivity contribution in [2.45, 2.75) is 27.2 Å². The number of benzene rings is 1. The minimum absolute atomic E-state index is 0.0854. The van der Waals surface area contributed by atoms with Gasteiger partial charge in [-0.15, -0.1) is 0 Å². The van der Waals surface area contributed by atoms with Gasteiger partial charge in [-0.2, -0.15) is 5.26 Å². The van der Waals surface area contributed by atoms with E-state index in [2.05, 4.69) is 10.6 Å². The Labute approximate surface area is 124 Å². The van der Waals surface area contributed by atoms with Gasteiger partial charge in [0, 0.05) is 0 Å². The van der Waals surface area contributed by atoms with Crippen molar-refractivity contribution in [2.24, 2.45) is 5.41 Å². The van der Waals surface area contributed by atoms with E-state index in [0.29, 0.717) is 11.4 Å². The molecule has 0 fully saturated rings. The van der Waals surface area contributed by atoms with Gasteiger partial charge in [0.05, 0.1) is 17.4 Å². The predicted molar refractivity (Wildman–Crippen MR) is 82.5 cm³/mol. The predicted octanol–water partition coefficient (Wildman–Crippen LogP) is 3.08. The molecule has 0 saturated carbocycles. The number of nitrogens with one attached hydrogen (secondary N) is 2. The molecule has 0 saturated heterocycles. The molecule has 0 atom stereocenters. The highest BCUT2D eigenvalue weighted by Gasteiger charge is 2.09. The summed E-state index contributed by atoms with van der Waals surface area (Å²) in [5.74, 6) is -0.684. The normalized spacial score (nSPS) is 11.0. The number of amides is 2. The summed E-state index contributed by atoms with van der Waals surface area (Å²) in [5.41, 5.74) is 0.875. The van der Waals surface area contributed by atoms with Crippen LogP contribution in [0.3, 0.4) is 0 Å². The third-order valence-corrected chi connectivity index (χ3v) is 2.43. The number of nitriles is 1. The Morgan fingerprint density at radius 3 is 2.29 bits per heavy atom. The second-order valence-electron chi connectivity index (χ2n) is 5.62.